The van der Waals surface area contributed by atoms with E-state index in [1.165, 1.54) is 11.1 Å². The summed E-state index contributed by atoms with van der Waals surface area (Å²) in [5.41, 5.74) is 2.82. The highest BCUT2D eigenvalue weighted by Gasteiger charge is 2.25. The zero-order valence-electron chi connectivity index (χ0n) is 11.2. The summed E-state index contributed by atoms with van der Waals surface area (Å²) in [6, 6.07) is 6.63. The molecule has 0 radical (unpaired) electrons. The predicted octanol–water partition coefficient (Wildman–Crippen LogP) is 3.31. The quantitative estimate of drug-likeness (QED) is 0.845. The molecule has 1 aromatic rings. The number of aryl methyl sites for hydroxylation is 1. The molecule has 0 aromatic heterocycles. The molecule has 0 saturated carbocycles. The van der Waals surface area contributed by atoms with Crippen molar-refractivity contribution in [2.75, 3.05) is 14.2 Å². The van der Waals surface area contributed by atoms with Gasteiger partial charge in [-0.1, -0.05) is 26.8 Å². The first kappa shape index (κ1) is 13.0. The number of hydrogen-bond donors (Lipinski definition) is 1. The van der Waals surface area contributed by atoms with Crippen molar-refractivity contribution in [3.05, 3.63) is 29.3 Å². The van der Waals surface area contributed by atoms with Crippen LogP contribution in [0.5, 0.6) is 5.75 Å². The second-order valence-electron chi connectivity index (χ2n) is 5.31. The molecule has 1 unspecified atom stereocenters. The van der Waals surface area contributed by atoms with Gasteiger partial charge < -0.3 is 10.1 Å². The molecule has 0 saturated heterocycles. The molecule has 0 amide bonds. The Balaban J connectivity index is 3.12. The van der Waals surface area contributed by atoms with Gasteiger partial charge in [-0.2, -0.15) is 0 Å². The molecular formula is C14H23NO. The molecular weight excluding hydrogens is 198 g/mol. The summed E-state index contributed by atoms with van der Waals surface area (Å²) in [6.45, 7) is 8.88. The molecule has 16 heavy (non-hydrogen) atoms. The van der Waals surface area contributed by atoms with E-state index in [1.807, 2.05) is 13.1 Å². The van der Waals surface area contributed by atoms with Crippen LogP contribution >= 0.6 is 0 Å². The fourth-order valence-electron chi connectivity index (χ4n) is 2.15. The van der Waals surface area contributed by atoms with Gasteiger partial charge in [0, 0.05) is 6.04 Å². The molecule has 0 heterocycles. The summed E-state index contributed by atoms with van der Waals surface area (Å²) in [5, 5.41) is 3.40. The lowest BCUT2D eigenvalue weighted by Crippen LogP contribution is -2.30. The van der Waals surface area contributed by atoms with Crippen molar-refractivity contribution in [2.45, 2.75) is 33.7 Å². The van der Waals surface area contributed by atoms with E-state index in [1.54, 1.807) is 7.11 Å². The number of hydrogen-bond acceptors (Lipinski definition) is 2. The number of ether oxygens (including phenoxy) is 1. The van der Waals surface area contributed by atoms with Gasteiger partial charge in [0.25, 0.3) is 0 Å². The van der Waals surface area contributed by atoms with Gasteiger partial charge >= 0.3 is 0 Å². The molecule has 90 valence electrons. The van der Waals surface area contributed by atoms with Crippen LogP contribution in [0.25, 0.3) is 0 Å². The Hall–Kier alpha value is -1.02. The molecule has 0 aliphatic rings. The van der Waals surface area contributed by atoms with E-state index >= 15 is 0 Å². The zero-order chi connectivity index (χ0) is 12.3. The van der Waals surface area contributed by atoms with Crippen LogP contribution < -0.4 is 10.1 Å². The van der Waals surface area contributed by atoms with Crippen molar-refractivity contribution in [3.8, 4) is 5.75 Å². The fourth-order valence-corrected chi connectivity index (χ4v) is 2.15. The summed E-state index contributed by atoms with van der Waals surface area (Å²) in [5.74, 6) is 0.921. The van der Waals surface area contributed by atoms with Gasteiger partial charge in [0.1, 0.15) is 5.75 Å². The molecule has 1 atom stereocenters. The number of rotatable bonds is 3. The summed E-state index contributed by atoms with van der Waals surface area (Å²) < 4.78 is 5.23. The second kappa shape index (κ2) is 4.88. The SMILES string of the molecule is CNC(c1ccc(OC)cc1C)C(C)(C)C. The van der Waals surface area contributed by atoms with Crippen molar-refractivity contribution in [1.82, 2.24) is 5.32 Å². The van der Waals surface area contributed by atoms with Crippen LogP contribution in [-0.2, 0) is 0 Å². The summed E-state index contributed by atoms with van der Waals surface area (Å²) in [6.07, 6.45) is 0. The summed E-state index contributed by atoms with van der Waals surface area (Å²) in [7, 11) is 3.72. The highest BCUT2D eigenvalue weighted by molar-refractivity contribution is 5.37. The largest absolute Gasteiger partial charge is 0.497 e. The van der Waals surface area contributed by atoms with Gasteiger partial charge in [-0.3, -0.25) is 0 Å². The molecule has 2 nitrogen and oxygen atoms in total. The Kier molecular flexibility index (Phi) is 3.98. The number of nitrogens with one attached hydrogen (secondary N) is 1. The molecule has 0 aliphatic carbocycles. The molecule has 2 heteroatoms. The van der Waals surface area contributed by atoms with Crippen LogP contribution in [0.1, 0.15) is 37.9 Å². The maximum atomic E-state index is 5.23. The van der Waals surface area contributed by atoms with Crippen molar-refractivity contribution < 1.29 is 4.74 Å². The summed E-state index contributed by atoms with van der Waals surface area (Å²) in [4.78, 5) is 0. The van der Waals surface area contributed by atoms with Crippen molar-refractivity contribution >= 4 is 0 Å². The maximum absolute atomic E-state index is 5.23. The smallest absolute Gasteiger partial charge is 0.119 e. The van der Waals surface area contributed by atoms with Crippen LogP contribution in [0, 0.1) is 12.3 Å². The standard InChI is InChI=1S/C14H23NO/c1-10-9-11(16-6)7-8-12(10)13(15-5)14(2,3)4/h7-9,13,15H,1-6H3. The maximum Gasteiger partial charge on any atom is 0.119 e. The normalized spacial score (nSPS) is 13.6. The van der Waals surface area contributed by atoms with E-state index in [0.717, 1.165) is 5.75 Å². The Morgan fingerprint density at radius 1 is 1.25 bits per heavy atom. The molecule has 1 rings (SSSR count). The zero-order valence-corrected chi connectivity index (χ0v) is 11.2. The summed E-state index contributed by atoms with van der Waals surface area (Å²) >= 11 is 0. The second-order valence-corrected chi connectivity index (χ2v) is 5.31. The third kappa shape index (κ3) is 2.76. The van der Waals surface area contributed by atoms with Crippen LogP contribution in [0.15, 0.2) is 18.2 Å². The average Bonchev–Trinajstić information content (AvgIpc) is 2.19. The fraction of sp³-hybridized carbons (Fsp3) is 0.571. The monoisotopic (exact) mass is 221 g/mol. The topological polar surface area (TPSA) is 21.3 Å². The lowest BCUT2D eigenvalue weighted by atomic mass is 9.81. The van der Waals surface area contributed by atoms with Crippen molar-refractivity contribution in [2.24, 2.45) is 5.41 Å². The van der Waals surface area contributed by atoms with Gasteiger partial charge in [-0.05, 0) is 42.6 Å². The van der Waals surface area contributed by atoms with Crippen LogP contribution in [0.3, 0.4) is 0 Å². The molecule has 0 bridgehead atoms. The van der Waals surface area contributed by atoms with Gasteiger partial charge in [-0.15, -0.1) is 0 Å². The van der Waals surface area contributed by atoms with E-state index in [-0.39, 0.29) is 5.41 Å². The Bertz CT molecular complexity index is 352. The minimum atomic E-state index is 0.202. The Labute approximate surface area is 99.0 Å². The van der Waals surface area contributed by atoms with Gasteiger partial charge in [0.2, 0.25) is 0 Å². The van der Waals surface area contributed by atoms with E-state index in [2.05, 4.69) is 45.1 Å². The minimum absolute atomic E-state index is 0.202. The Morgan fingerprint density at radius 3 is 2.25 bits per heavy atom. The highest BCUT2D eigenvalue weighted by Crippen LogP contribution is 2.34. The first-order valence-corrected chi connectivity index (χ1v) is 5.72. The van der Waals surface area contributed by atoms with E-state index < -0.39 is 0 Å². The lowest BCUT2D eigenvalue weighted by Gasteiger charge is -2.32. The van der Waals surface area contributed by atoms with E-state index in [0.29, 0.717) is 6.04 Å². The van der Waals surface area contributed by atoms with E-state index in [9.17, 15) is 0 Å². The highest BCUT2D eigenvalue weighted by atomic mass is 16.5. The number of methoxy groups -OCH3 is 1. The molecule has 0 aliphatic heterocycles. The van der Waals surface area contributed by atoms with E-state index in [4.69, 9.17) is 4.74 Å². The molecule has 0 fully saturated rings. The van der Waals surface area contributed by atoms with Crippen molar-refractivity contribution in [3.63, 3.8) is 0 Å². The minimum Gasteiger partial charge on any atom is -0.497 e. The first-order valence-electron chi connectivity index (χ1n) is 5.72. The Morgan fingerprint density at radius 2 is 1.88 bits per heavy atom. The molecule has 1 N–H and O–H groups in total. The van der Waals surface area contributed by atoms with Crippen LogP contribution in [0.4, 0.5) is 0 Å². The predicted molar refractivity (Wildman–Crippen MR) is 69.0 cm³/mol. The number of benzene rings is 1. The van der Waals surface area contributed by atoms with Gasteiger partial charge in [-0.25, -0.2) is 0 Å². The average molecular weight is 221 g/mol. The third-order valence-corrected chi connectivity index (χ3v) is 2.94. The molecule has 0 spiro atoms. The van der Waals surface area contributed by atoms with Crippen molar-refractivity contribution in [1.29, 1.82) is 0 Å². The van der Waals surface area contributed by atoms with Gasteiger partial charge in [0.15, 0.2) is 0 Å². The van der Waals surface area contributed by atoms with Crippen LogP contribution in [0.2, 0.25) is 0 Å². The lowest BCUT2D eigenvalue weighted by molar-refractivity contribution is 0.286. The van der Waals surface area contributed by atoms with Gasteiger partial charge in [0.05, 0.1) is 7.11 Å². The molecule has 1 aromatic carbocycles. The third-order valence-electron chi connectivity index (χ3n) is 2.94. The first-order chi connectivity index (χ1) is 7.40. The van der Waals surface area contributed by atoms with Crippen LogP contribution in [-0.4, -0.2) is 14.2 Å².